The van der Waals surface area contributed by atoms with Gasteiger partial charge in [0.15, 0.2) is 0 Å². The lowest BCUT2D eigenvalue weighted by Crippen LogP contribution is -2.46. The smallest absolute Gasteiger partial charge is 0.258 e. The van der Waals surface area contributed by atoms with E-state index >= 15 is 4.39 Å². The Hall–Kier alpha value is -2.78. The number of nitrogens with zero attached hydrogens (tertiary/aromatic N) is 3. The summed E-state index contributed by atoms with van der Waals surface area (Å²) < 4.78 is 53.9. The van der Waals surface area contributed by atoms with Gasteiger partial charge in [0.2, 0.25) is 0 Å². The molecule has 38 heavy (non-hydrogen) atoms. The second kappa shape index (κ2) is 10.4. The van der Waals surface area contributed by atoms with Gasteiger partial charge in [-0.2, -0.15) is 0 Å². The molecule has 6 nitrogen and oxygen atoms in total. The lowest BCUT2D eigenvalue weighted by molar-refractivity contribution is -0.0614. The number of amides is 1. The molecule has 2 aromatic carbocycles. The molecule has 0 spiro atoms. The highest BCUT2D eigenvalue weighted by atomic mass is 19.3. The zero-order valence-electron chi connectivity index (χ0n) is 21.5. The summed E-state index contributed by atoms with van der Waals surface area (Å²) in [6.07, 6.45) is 3.46. The van der Waals surface area contributed by atoms with Crippen molar-refractivity contribution in [2.75, 3.05) is 55.7 Å². The number of anilines is 2. The first kappa shape index (κ1) is 25.5. The van der Waals surface area contributed by atoms with Gasteiger partial charge >= 0.3 is 0 Å². The number of likely N-dealkylation sites (tertiary alicyclic amines) is 1. The summed E-state index contributed by atoms with van der Waals surface area (Å²) in [5, 5.41) is 0. The molecule has 0 saturated carbocycles. The second-order valence-electron chi connectivity index (χ2n) is 10.9. The Bertz CT molecular complexity index is 1180. The quantitative estimate of drug-likeness (QED) is 0.533. The number of fused-ring (bicyclic) bond motifs is 1. The highest BCUT2D eigenvalue weighted by molar-refractivity contribution is 6.08. The van der Waals surface area contributed by atoms with E-state index in [9.17, 15) is 13.6 Å². The normalized spacial score (nSPS) is 25.6. The van der Waals surface area contributed by atoms with E-state index < -0.39 is 5.92 Å². The Labute approximate surface area is 221 Å². The summed E-state index contributed by atoms with van der Waals surface area (Å²) >= 11 is 0. The van der Waals surface area contributed by atoms with Gasteiger partial charge in [-0.15, -0.1) is 0 Å². The van der Waals surface area contributed by atoms with Crippen molar-refractivity contribution >= 4 is 17.3 Å². The summed E-state index contributed by atoms with van der Waals surface area (Å²) in [7, 11) is 0. The molecule has 0 N–H and O–H groups in total. The van der Waals surface area contributed by atoms with Crippen LogP contribution in [0.2, 0.25) is 0 Å². The minimum Gasteiger partial charge on any atom is -0.491 e. The topological polar surface area (TPSA) is 45.3 Å². The summed E-state index contributed by atoms with van der Waals surface area (Å²) in [6, 6.07) is 10.7. The monoisotopic (exact) mass is 529 g/mol. The minimum absolute atomic E-state index is 0.108. The van der Waals surface area contributed by atoms with Crippen LogP contribution in [0.25, 0.3) is 0 Å². The van der Waals surface area contributed by atoms with Crippen molar-refractivity contribution in [1.82, 2.24) is 4.90 Å². The van der Waals surface area contributed by atoms with Crippen LogP contribution in [0.1, 0.15) is 48.0 Å². The average molecular weight is 530 g/mol. The van der Waals surface area contributed by atoms with Crippen LogP contribution in [-0.2, 0) is 11.2 Å². The summed E-state index contributed by atoms with van der Waals surface area (Å²) in [6.45, 7) is 3.82. The zero-order chi connectivity index (χ0) is 26.3. The largest absolute Gasteiger partial charge is 0.491 e. The van der Waals surface area contributed by atoms with Crippen molar-refractivity contribution in [3.8, 4) is 5.75 Å². The Morgan fingerprint density at radius 2 is 1.87 bits per heavy atom. The summed E-state index contributed by atoms with van der Waals surface area (Å²) in [5.74, 6) is -2.35. The maximum atomic E-state index is 15.3. The van der Waals surface area contributed by atoms with Crippen LogP contribution in [0.5, 0.6) is 5.75 Å². The van der Waals surface area contributed by atoms with Crippen LogP contribution in [0.3, 0.4) is 0 Å². The molecule has 2 atom stereocenters. The predicted molar refractivity (Wildman–Crippen MR) is 139 cm³/mol. The molecule has 3 fully saturated rings. The SMILES string of the molecule is O=C1c2ccc(OC[C@@H]3CCCO3)cc2CCN1c1ccc(N2CCC(N3CCC(F)(F)CC3)C2)c(F)c1. The van der Waals surface area contributed by atoms with Gasteiger partial charge in [0.1, 0.15) is 18.2 Å². The maximum absolute atomic E-state index is 15.3. The first-order valence-corrected chi connectivity index (χ1v) is 13.7. The van der Waals surface area contributed by atoms with Gasteiger partial charge in [0.25, 0.3) is 11.8 Å². The molecule has 204 valence electrons. The highest BCUT2D eigenvalue weighted by Crippen LogP contribution is 2.34. The van der Waals surface area contributed by atoms with E-state index in [0.717, 1.165) is 37.2 Å². The molecule has 3 saturated heterocycles. The van der Waals surface area contributed by atoms with E-state index in [0.29, 0.717) is 62.7 Å². The highest BCUT2D eigenvalue weighted by Gasteiger charge is 2.38. The molecule has 1 unspecified atom stereocenters. The molecule has 6 rings (SSSR count). The number of ether oxygens (including phenoxy) is 2. The maximum Gasteiger partial charge on any atom is 0.258 e. The molecule has 1 amide bonds. The van der Waals surface area contributed by atoms with Crippen LogP contribution in [0.4, 0.5) is 24.5 Å². The third-order valence-electron chi connectivity index (χ3n) is 8.41. The lowest BCUT2D eigenvalue weighted by Gasteiger charge is -2.35. The van der Waals surface area contributed by atoms with Gasteiger partial charge < -0.3 is 19.3 Å². The fourth-order valence-electron chi connectivity index (χ4n) is 6.16. The number of rotatable bonds is 6. The van der Waals surface area contributed by atoms with Gasteiger partial charge in [0.05, 0.1) is 11.8 Å². The van der Waals surface area contributed by atoms with E-state index in [4.69, 9.17) is 9.47 Å². The number of carbonyl (C=O) groups excluding carboxylic acids is 1. The Kier molecular flexibility index (Phi) is 6.99. The van der Waals surface area contributed by atoms with E-state index in [1.54, 1.807) is 23.1 Å². The number of alkyl halides is 2. The molecule has 0 radical (unpaired) electrons. The first-order valence-electron chi connectivity index (χ1n) is 13.7. The zero-order valence-corrected chi connectivity index (χ0v) is 21.5. The van der Waals surface area contributed by atoms with Crippen LogP contribution in [0.15, 0.2) is 36.4 Å². The Balaban J connectivity index is 1.09. The molecular weight excluding hydrogens is 495 g/mol. The van der Waals surface area contributed by atoms with Crippen molar-refractivity contribution in [2.24, 2.45) is 0 Å². The van der Waals surface area contributed by atoms with Gasteiger partial charge in [-0.05, 0) is 67.6 Å². The fourth-order valence-corrected chi connectivity index (χ4v) is 6.16. The molecule has 0 aliphatic carbocycles. The predicted octanol–water partition coefficient (Wildman–Crippen LogP) is 4.90. The Morgan fingerprint density at radius 3 is 2.63 bits per heavy atom. The molecule has 9 heteroatoms. The van der Waals surface area contributed by atoms with Crippen molar-refractivity contribution in [3.05, 3.63) is 53.3 Å². The van der Waals surface area contributed by atoms with Gasteiger partial charge in [-0.3, -0.25) is 9.69 Å². The van der Waals surface area contributed by atoms with Crippen LogP contribution >= 0.6 is 0 Å². The van der Waals surface area contributed by atoms with Crippen molar-refractivity contribution in [3.63, 3.8) is 0 Å². The molecule has 4 heterocycles. The molecule has 0 bridgehead atoms. The first-order chi connectivity index (χ1) is 18.4. The second-order valence-corrected chi connectivity index (χ2v) is 10.9. The number of piperidine rings is 1. The van der Waals surface area contributed by atoms with Crippen LogP contribution in [-0.4, -0.2) is 74.8 Å². The third-order valence-corrected chi connectivity index (χ3v) is 8.41. The summed E-state index contributed by atoms with van der Waals surface area (Å²) in [4.78, 5) is 19.0. The number of carbonyl (C=O) groups is 1. The van der Waals surface area contributed by atoms with Crippen LogP contribution in [0, 0.1) is 5.82 Å². The standard InChI is InChI=1S/C29H34F3N3O3/c30-26-17-21(3-6-27(26)34-11-8-22(18-34)33-13-9-29(31,32)10-14-33)35-12-7-20-16-23(4-5-25(20)28(35)36)38-19-24-2-1-15-37-24/h3-6,16-17,22,24H,1-2,7-15,18-19H2/t22?,24-/m0/s1. The summed E-state index contributed by atoms with van der Waals surface area (Å²) in [5.41, 5.74) is 2.58. The minimum atomic E-state index is -2.57. The molecule has 4 aliphatic rings. The third kappa shape index (κ3) is 5.23. The van der Waals surface area contributed by atoms with E-state index in [2.05, 4.69) is 4.90 Å². The average Bonchev–Trinajstić information content (AvgIpc) is 3.60. The molecular formula is C29H34F3N3O3. The van der Waals surface area contributed by atoms with E-state index in [-0.39, 0.29) is 36.7 Å². The van der Waals surface area contributed by atoms with E-state index in [1.807, 2.05) is 17.0 Å². The lowest BCUT2D eigenvalue weighted by atomic mass is 9.98. The van der Waals surface area contributed by atoms with Crippen molar-refractivity contribution < 1.29 is 27.4 Å². The van der Waals surface area contributed by atoms with Gasteiger partial charge in [-0.25, -0.2) is 13.2 Å². The number of hydrogen-bond donors (Lipinski definition) is 0. The number of hydrogen-bond acceptors (Lipinski definition) is 5. The van der Waals surface area contributed by atoms with Crippen molar-refractivity contribution in [1.29, 1.82) is 0 Å². The molecule has 2 aromatic rings. The van der Waals surface area contributed by atoms with Crippen molar-refractivity contribution in [2.45, 2.75) is 56.6 Å². The van der Waals surface area contributed by atoms with E-state index in [1.165, 1.54) is 6.07 Å². The Morgan fingerprint density at radius 1 is 1.03 bits per heavy atom. The number of benzene rings is 2. The molecule has 0 aromatic heterocycles. The van der Waals surface area contributed by atoms with Crippen LogP contribution < -0.4 is 14.5 Å². The number of halogens is 3. The fraction of sp³-hybridized carbons (Fsp3) is 0.552. The van der Waals surface area contributed by atoms with Gasteiger partial charge in [0, 0.05) is 69.5 Å². The molecule has 4 aliphatic heterocycles. The van der Waals surface area contributed by atoms with Gasteiger partial charge in [-0.1, -0.05) is 0 Å².